The normalized spacial score (nSPS) is 50.0. The average Bonchev–Trinajstić information content (AvgIpc) is 3.58. The first-order chi connectivity index (χ1) is 17.0. The van der Waals surface area contributed by atoms with Gasteiger partial charge < -0.3 is 28.8 Å². The van der Waals surface area contributed by atoms with E-state index in [-0.39, 0.29) is 46.8 Å². The minimum absolute atomic E-state index is 0.0552. The van der Waals surface area contributed by atoms with E-state index in [1.165, 1.54) is 12.7 Å². The Bertz CT molecular complexity index is 921. The third-order valence-corrected chi connectivity index (χ3v) is 11.3. The predicted molar refractivity (Wildman–Crippen MR) is 132 cm³/mol. The lowest BCUT2D eigenvalue weighted by Gasteiger charge is -2.59. The molecule has 1 N–H and O–H groups in total. The summed E-state index contributed by atoms with van der Waals surface area (Å²) in [6.45, 7) is 12.9. The van der Waals surface area contributed by atoms with Crippen molar-refractivity contribution < 1.29 is 33.6 Å². The second kappa shape index (κ2) is 8.42. The molecule has 3 saturated carbocycles. The maximum atomic E-state index is 12.4. The van der Waals surface area contributed by atoms with Crippen molar-refractivity contribution in [2.24, 2.45) is 45.8 Å². The van der Waals surface area contributed by atoms with Crippen LogP contribution in [0.5, 0.6) is 0 Å². The van der Waals surface area contributed by atoms with E-state index in [9.17, 15) is 9.90 Å². The van der Waals surface area contributed by atoms with E-state index in [0.29, 0.717) is 30.1 Å². The molecule has 5 fully saturated rings. The molecular weight excluding hydrogens is 460 g/mol. The molecule has 4 aliphatic carbocycles. The van der Waals surface area contributed by atoms with Crippen molar-refractivity contribution in [3.8, 4) is 0 Å². The van der Waals surface area contributed by atoms with Gasteiger partial charge >= 0.3 is 6.16 Å². The standard InChI is InChI=1S/C29H44O7/c1-15(25-33-13-27(2,3)14-34-25)17-7-8-18-22-19(9-10-28(17,18)4)29(5)16(11-20(30)23-24(29)36-23)12-21(22)35-26(31)32-6/h12,15,17-25,30H,7-11,13-14H2,1-6H3/t15?,17-,18+,19+,20?,21?,22+,23?,24?,28-,29+/m1/s1. The first-order valence-electron chi connectivity index (χ1n) is 14.0. The van der Waals surface area contributed by atoms with Crippen molar-refractivity contribution in [3.05, 3.63) is 11.6 Å². The summed E-state index contributed by atoms with van der Waals surface area (Å²) < 4.78 is 29.5. The molecule has 2 saturated heterocycles. The number of hydrogen-bond acceptors (Lipinski definition) is 7. The number of rotatable bonds is 3. The van der Waals surface area contributed by atoms with Gasteiger partial charge in [0.2, 0.25) is 0 Å². The van der Waals surface area contributed by atoms with Crippen LogP contribution < -0.4 is 0 Å². The second-order valence-corrected chi connectivity index (χ2v) is 13.8. The van der Waals surface area contributed by atoms with Gasteiger partial charge in [-0.1, -0.05) is 40.2 Å². The van der Waals surface area contributed by atoms with Crippen molar-refractivity contribution in [1.82, 2.24) is 0 Å². The summed E-state index contributed by atoms with van der Waals surface area (Å²) in [6, 6.07) is 0. The summed E-state index contributed by atoms with van der Waals surface area (Å²) in [4.78, 5) is 12.4. The summed E-state index contributed by atoms with van der Waals surface area (Å²) in [5.41, 5.74) is 1.27. The number of ether oxygens (including phenoxy) is 5. The Labute approximate surface area is 215 Å². The molecule has 6 aliphatic rings. The molecule has 2 heterocycles. The highest BCUT2D eigenvalue weighted by Crippen LogP contribution is 2.69. The van der Waals surface area contributed by atoms with Gasteiger partial charge in [-0.2, -0.15) is 0 Å². The van der Waals surface area contributed by atoms with Crippen LogP contribution in [0.15, 0.2) is 11.6 Å². The number of epoxide rings is 1. The number of aliphatic hydroxyl groups excluding tert-OH is 1. The van der Waals surface area contributed by atoms with Crippen molar-refractivity contribution >= 4 is 6.16 Å². The highest BCUT2D eigenvalue weighted by molar-refractivity contribution is 5.60. The Hall–Kier alpha value is -1.15. The van der Waals surface area contributed by atoms with Gasteiger partial charge in [0.1, 0.15) is 12.2 Å². The Kier molecular flexibility index (Phi) is 5.88. The minimum atomic E-state index is -0.627. The molecule has 0 amide bonds. The summed E-state index contributed by atoms with van der Waals surface area (Å²) >= 11 is 0. The molecule has 7 nitrogen and oxygen atoms in total. The molecule has 0 aromatic rings. The largest absolute Gasteiger partial charge is 0.508 e. The SMILES string of the molecule is COC(=O)OC1C=C2CC(O)C3OC3[C@]2(C)[C@H]2CC[C@]3(C)[C@@H](C(C)C4OCC(C)(C)CO4)CC[C@H]3[C@H]12. The van der Waals surface area contributed by atoms with Gasteiger partial charge in [0.25, 0.3) is 0 Å². The van der Waals surface area contributed by atoms with Gasteiger partial charge in [-0.15, -0.1) is 0 Å². The molecule has 0 bridgehead atoms. The van der Waals surface area contributed by atoms with E-state index in [1.807, 2.05) is 0 Å². The van der Waals surface area contributed by atoms with Gasteiger partial charge in [0.15, 0.2) is 6.29 Å². The van der Waals surface area contributed by atoms with Crippen LogP contribution in [-0.4, -0.2) is 62.3 Å². The number of aliphatic hydroxyl groups is 1. The fourth-order valence-electron chi connectivity index (χ4n) is 9.38. The highest BCUT2D eigenvalue weighted by Gasteiger charge is 2.69. The summed E-state index contributed by atoms with van der Waals surface area (Å²) in [6.07, 6.45) is 5.61. The first-order valence-corrected chi connectivity index (χ1v) is 14.0. The molecule has 202 valence electrons. The summed E-state index contributed by atoms with van der Waals surface area (Å²) in [7, 11) is 1.37. The minimum Gasteiger partial charge on any atom is -0.438 e. The van der Waals surface area contributed by atoms with E-state index in [4.69, 9.17) is 23.7 Å². The van der Waals surface area contributed by atoms with E-state index in [1.54, 1.807) is 0 Å². The third-order valence-electron chi connectivity index (χ3n) is 11.3. The van der Waals surface area contributed by atoms with E-state index in [0.717, 1.165) is 38.9 Å². The third kappa shape index (κ3) is 3.63. The summed E-state index contributed by atoms with van der Waals surface area (Å²) in [5, 5.41) is 10.6. The number of hydrogen-bond donors (Lipinski definition) is 1. The van der Waals surface area contributed by atoms with Gasteiger partial charge in [-0.3, -0.25) is 0 Å². The number of fused-ring (bicyclic) bond motifs is 7. The van der Waals surface area contributed by atoms with Crippen LogP contribution in [0.25, 0.3) is 0 Å². The second-order valence-electron chi connectivity index (χ2n) is 13.8. The topological polar surface area (TPSA) is 86.8 Å². The van der Waals surface area contributed by atoms with E-state index < -0.39 is 12.3 Å². The smallest absolute Gasteiger partial charge is 0.438 e. The Morgan fingerprint density at radius 3 is 2.53 bits per heavy atom. The predicted octanol–water partition coefficient (Wildman–Crippen LogP) is 4.71. The van der Waals surface area contributed by atoms with Crippen molar-refractivity contribution in [2.75, 3.05) is 20.3 Å². The zero-order chi connectivity index (χ0) is 25.6. The number of methoxy groups -OCH3 is 1. The molecule has 0 radical (unpaired) electrons. The molecule has 0 spiro atoms. The van der Waals surface area contributed by atoms with Gasteiger partial charge in [0, 0.05) is 22.7 Å². The van der Waals surface area contributed by atoms with Crippen molar-refractivity contribution in [2.45, 2.75) is 97.4 Å². The van der Waals surface area contributed by atoms with Crippen LogP contribution in [0.2, 0.25) is 0 Å². The van der Waals surface area contributed by atoms with Crippen molar-refractivity contribution in [1.29, 1.82) is 0 Å². The quantitative estimate of drug-likeness (QED) is 0.338. The van der Waals surface area contributed by atoms with Crippen LogP contribution in [-0.2, 0) is 23.7 Å². The maximum absolute atomic E-state index is 12.4. The van der Waals surface area contributed by atoms with Gasteiger partial charge in [-0.05, 0) is 61.3 Å². The fourth-order valence-corrected chi connectivity index (χ4v) is 9.38. The van der Waals surface area contributed by atoms with Gasteiger partial charge in [-0.25, -0.2) is 4.79 Å². The molecule has 0 aromatic carbocycles. The highest BCUT2D eigenvalue weighted by atomic mass is 16.7. The Morgan fingerprint density at radius 1 is 1.11 bits per heavy atom. The molecule has 6 rings (SSSR count). The van der Waals surface area contributed by atoms with E-state index >= 15 is 0 Å². The maximum Gasteiger partial charge on any atom is 0.508 e. The van der Waals surface area contributed by atoms with E-state index in [2.05, 4.69) is 40.7 Å². The molecule has 7 heteroatoms. The molecular formula is C29H44O7. The summed E-state index contributed by atoms with van der Waals surface area (Å²) in [5.74, 6) is 1.78. The lowest BCUT2D eigenvalue weighted by atomic mass is 9.46. The molecule has 36 heavy (non-hydrogen) atoms. The Balaban J connectivity index is 1.30. The molecule has 0 aromatic heterocycles. The molecule has 2 aliphatic heterocycles. The fraction of sp³-hybridized carbons (Fsp3) is 0.897. The zero-order valence-corrected chi connectivity index (χ0v) is 22.7. The van der Waals surface area contributed by atoms with Crippen LogP contribution in [0.4, 0.5) is 4.79 Å². The van der Waals surface area contributed by atoms with Gasteiger partial charge in [0.05, 0.1) is 32.5 Å². The first kappa shape index (κ1) is 25.1. The number of carbonyl (C=O) groups is 1. The lowest BCUT2D eigenvalue weighted by molar-refractivity contribution is -0.253. The average molecular weight is 505 g/mol. The zero-order valence-electron chi connectivity index (χ0n) is 22.7. The lowest BCUT2D eigenvalue weighted by Crippen LogP contribution is -2.58. The number of carbonyl (C=O) groups excluding carboxylic acids is 1. The molecule has 11 atom stereocenters. The Morgan fingerprint density at radius 2 is 1.83 bits per heavy atom. The molecule has 5 unspecified atom stereocenters. The van der Waals surface area contributed by atoms with Crippen molar-refractivity contribution in [3.63, 3.8) is 0 Å². The van der Waals surface area contributed by atoms with Crippen LogP contribution in [0.1, 0.15) is 66.7 Å². The monoisotopic (exact) mass is 504 g/mol. The van der Waals surface area contributed by atoms with Crippen LogP contribution in [0.3, 0.4) is 0 Å². The van der Waals surface area contributed by atoms with Crippen LogP contribution >= 0.6 is 0 Å². The van der Waals surface area contributed by atoms with Crippen LogP contribution in [0, 0.1) is 45.8 Å².